The number of aromatic nitrogens is 2. The van der Waals surface area contributed by atoms with Crippen molar-refractivity contribution in [1.29, 1.82) is 0 Å². The lowest BCUT2D eigenvalue weighted by Gasteiger charge is -2.07. The third-order valence-corrected chi connectivity index (χ3v) is 3.64. The van der Waals surface area contributed by atoms with Gasteiger partial charge in [0, 0.05) is 12.7 Å². The Kier molecular flexibility index (Phi) is 5.22. The molecular weight excluding hydrogens is 246 g/mol. The summed E-state index contributed by atoms with van der Waals surface area (Å²) < 4.78 is 1.96. The second kappa shape index (κ2) is 7.13. The van der Waals surface area contributed by atoms with E-state index in [1.54, 1.807) is 0 Å². The van der Waals surface area contributed by atoms with Gasteiger partial charge in [-0.1, -0.05) is 32.4 Å². The topological polar surface area (TPSA) is 29.9 Å². The molecule has 0 saturated carbocycles. The zero-order valence-corrected chi connectivity index (χ0v) is 12.8. The lowest BCUT2D eigenvalue weighted by Crippen LogP contribution is -2.05. The van der Waals surface area contributed by atoms with Gasteiger partial charge in [0.25, 0.3) is 0 Å². The highest BCUT2D eigenvalue weighted by molar-refractivity contribution is 5.44. The van der Waals surface area contributed by atoms with Crippen molar-refractivity contribution in [2.45, 2.75) is 46.1 Å². The second-order valence-corrected chi connectivity index (χ2v) is 5.26. The Balaban J connectivity index is 1.91. The van der Waals surface area contributed by atoms with Gasteiger partial charge in [-0.25, -0.2) is 0 Å². The van der Waals surface area contributed by atoms with Crippen LogP contribution in [0.2, 0.25) is 0 Å². The van der Waals surface area contributed by atoms with Gasteiger partial charge in [0.05, 0.1) is 17.9 Å². The number of hydrogen-bond donors (Lipinski definition) is 1. The van der Waals surface area contributed by atoms with Gasteiger partial charge in [-0.05, 0) is 43.0 Å². The minimum absolute atomic E-state index is 0.817. The molecule has 1 heterocycles. The van der Waals surface area contributed by atoms with Crippen LogP contribution in [0, 0.1) is 0 Å². The smallest absolute Gasteiger partial charge is 0.0625 e. The summed E-state index contributed by atoms with van der Waals surface area (Å²) in [7, 11) is 2.00. The summed E-state index contributed by atoms with van der Waals surface area (Å²) >= 11 is 0. The van der Waals surface area contributed by atoms with Crippen molar-refractivity contribution >= 4 is 5.69 Å². The van der Waals surface area contributed by atoms with E-state index in [4.69, 9.17) is 0 Å². The van der Waals surface area contributed by atoms with Crippen LogP contribution >= 0.6 is 0 Å². The quantitative estimate of drug-likeness (QED) is 0.826. The molecule has 0 aliphatic carbocycles. The molecule has 3 heteroatoms. The van der Waals surface area contributed by atoms with E-state index >= 15 is 0 Å². The molecule has 0 saturated heterocycles. The first-order chi connectivity index (χ1) is 9.72. The molecule has 2 aromatic rings. The van der Waals surface area contributed by atoms with E-state index in [0.717, 1.165) is 18.7 Å². The summed E-state index contributed by atoms with van der Waals surface area (Å²) in [5, 5.41) is 7.93. The van der Waals surface area contributed by atoms with Crippen LogP contribution in [0.5, 0.6) is 0 Å². The van der Waals surface area contributed by atoms with Crippen LogP contribution in [0.3, 0.4) is 0 Å². The molecule has 1 aromatic carbocycles. The Morgan fingerprint density at radius 1 is 1.15 bits per heavy atom. The fourth-order valence-corrected chi connectivity index (χ4v) is 2.27. The van der Waals surface area contributed by atoms with Crippen LogP contribution in [-0.2, 0) is 26.4 Å². The van der Waals surface area contributed by atoms with Crippen molar-refractivity contribution in [1.82, 2.24) is 9.78 Å². The first kappa shape index (κ1) is 14.6. The van der Waals surface area contributed by atoms with Gasteiger partial charge < -0.3 is 5.32 Å². The Bertz CT molecular complexity index is 526. The molecule has 0 radical (unpaired) electrons. The van der Waals surface area contributed by atoms with E-state index < -0.39 is 0 Å². The zero-order chi connectivity index (χ0) is 14.4. The van der Waals surface area contributed by atoms with Crippen LogP contribution in [-0.4, -0.2) is 9.78 Å². The minimum Gasteiger partial charge on any atom is -0.379 e. The molecule has 20 heavy (non-hydrogen) atoms. The SMILES string of the molecule is CCCCc1ccc(NCc2cc(CC)nn2C)cc1. The maximum Gasteiger partial charge on any atom is 0.0625 e. The third-order valence-electron chi connectivity index (χ3n) is 3.64. The second-order valence-electron chi connectivity index (χ2n) is 5.26. The van der Waals surface area contributed by atoms with Crippen molar-refractivity contribution < 1.29 is 0 Å². The summed E-state index contributed by atoms with van der Waals surface area (Å²) in [5.41, 5.74) is 4.96. The number of unbranched alkanes of at least 4 members (excludes halogenated alkanes) is 1. The standard InChI is InChI=1S/C17H25N3/c1-4-6-7-14-8-10-16(11-9-14)18-13-17-12-15(5-2)19-20(17)3/h8-12,18H,4-7,13H2,1-3H3. The molecular formula is C17H25N3. The molecule has 0 atom stereocenters. The maximum absolute atomic E-state index is 4.47. The highest BCUT2D eigenvalue weighted by Crippen LogP contribution is 2.13. The average Bonchev–Trinajstić information content (AvgIpc) is 2.84. The number of rotatable bonds is 7. The lowest BCUT2D eigenvalue weighted by molar-refractivity contribution is 0.707. The van der Waals surface area contributed by atoms with Crippen LogP contribution in [0.25, 0.3) is 0 Å². The van der Waals surface area contributed by atoms with Crippen molar-refractivity contribution in [3.8, 4) is 0 Å². The average molecular weight is 271 g/mol. The molecule has 0 fully saturated rings. The number of benzene rings is 1. The fraction of sp³-hybridized carbons (Fsp3) is 0.471. The molecule has 0 bridgehead atoms. The Labute approximate surface area is 122 Å². The lowest BCUT2D eigenvalue weighted by atomic mass is 10.1. The zero-order valence-electron chi connectivity index (χ0n) is 12.8. The van der Waals surface area contributed by atoms with Crippen molar-refractivity contribution in [3.05, 3.63) is 47.3 Å². The molecule has 3 nitrogen and oxygen atoms in total. The number of nitrogens with zero attached hydrogens (tertiary/aromatic N) is 2. The molecule has 0 aliphatic heterocycles. The Hall–Kier alpha value is -1.77. The highest BCUT2D eigenvalue weighted by Gasteiger charge is 2.03. The monoisotopic (exact) mass is 271 g/mol. The fourth-order valence-electron chi connectivity index (χ4n) is 2.27. The van der Waals surface area contributed by atoms with Gasteiger partial charge in [0.1, 0.15) is 0 Å². The number of hydrogen-bond acceptors (Lipinski definition) is 2. The molecule has 1 N–H and O–H groups in total. The van der Waals surface area contributed by atoms with Gasteiger partial charge >= 0.3 is 0 Å². The van der Waals surface area contributed by atoms with Crippen LogP contribution in [0.1, 0.15) is 43.6 Å². The highest BCUT2D eigenvalue weighted by atomic mass is 15.3. The number of nitrogens with one attached hydrogen (secondary N) is 1. The van der Waals surface area contributed by atoms with Crippen LogP contribution < -0.4 is 5.32 Å². The predicted molar refractivity (Wildman–Crippen MR) is 85.0 cm³/mol. The Morgan fingerprint density at radius 2 is 1.90 bits per heavy atom. The van der Waals surface area contributed by atoms with E-state index in [1.807, 2.05) is 11.7 Å². The summed E-state index contributed by atoms with van der Waals surface area (Å²) in [6.45, 7) is 5.18. The Morgan fingerprint density at radius 3 is 2.50 bits per heavy atom. The third kappa shape index (κ3) is 3.86. The summed E-state index contributed by atoms with van der Waals surface area (Å²) in [6, 6.07) is 10.9. The number of anilines is 1. The largest absolute Gasteiger partial charge is 0.379 e. The molecule has 0 spiro atoms. The first-order valence-corrected chi connectivity index (χ1v) is 7.57. The van der Waals surface area contributed by atoms with Gasteiger partial charge in [0.15, 0.2) is 0 Å². The summed E-state index contributed by atoms with van der Waals surface area (Å²) in [4.78, 5) is 0. The van der Waals surface area contributed by atoms with Crippen molar-refractivity contribution in [3.63, 3.8) is 0 Å². The summed E-state index contributed by atoms with van der Waals surface area (Å²) in [6.07, 6.45) is 4.68. The van der Waals surface area contributed by atoms with Gasteiger partial charge in [-0.2, -0.15) is 5.10 Å². The minimum atomic E-state index is 0.817. The first-order valence-electron chi connectivity index (χ1n) is 7.57. The predicted octanol–water partition coefficient (Wildman–Crippen LogP) is 3.94. The molecule has 0 aliphatic rings. The molecule has 0 amide bonds. The van der Waals surface area contributed by atoms with E-state index in [-0.39, 0.29) is 0 Å². The molecule has 1 aromatic heterocycles. The summed E-state index contributed by atoms with van der Waals surface area (Å²) in [5.74, 6) is 0. The van der Waals surface area contributed by atoms with Gasteiger partial charge in [0.2, 0.25) is 0 Å². The van der Waals surface area contributed by atoms with E-state index in [2.05, 4.69) is 54.6 Å². The normalized spacial score (nSPS) is 10.8. The maximum atomic E-state index is 4.47. The molecule has 108 valence electrons. The molecule has 0 unspecified atom stereocenters. The number of aryl methyl sites for hydroxylation is 3. The molecule has 2 rings (SSSR count). The van der Waals surface area contributed by atoms with Crippen LogP contribution in [0.15, 0.2) is 30.3 Å². The van der Waals surface area contributed by atoms with Crippen molar-refractivity contribution in [2.75, 3.05) is 5.32 Å². The van der Waals surface area contributed by atoms with E-state index in [1.165, 1.54) is 36.2 Å². The van der Waals surface area contributed by atoms with Gasteiger partial charge in [-0.3, -0.25) is 4.68 Å². The van der Waals surface area contributed by atoms with E-state index in [0.29, 0.717) is 0 Å². The van der Waals surface area contributed by atoms with Crippen molar-refractivity contribution in [2.24, 2.45) is 7.05 Å². The van der Waals surface area contributed by atoms with E-state index in [9.17, 15) is 0 Å². The van der Waals surface area contributed by atoms with Gasteiger partial charge in [-0.15, -0.1) is 0 Å². The van der Waals surface area contributed by atoms with Crippen LogP contribution in [0.4, 0.5) is 5.69 Å².